The predicted octanol–water partition coefficient (Wildman–Crippen LogP) is 3.70. The molecule has 0 amide bonds. The number of pyridine rings is 1. The number of anilines is 1. The van der Waals surface area contributed by atoms with Crippen LogP contribution in [0.4, 0.5) is 19.0 Å². The minimum atomic E-state index is -1.15. The van der Waals surface area contributed by atoms with Crippen molar-refractivity contribution in [3.05, 3.63) is 35.7 Å². The molecule has 7 nitrogen and oxygen atoms in total. The highest BCUT2D eigenvalue weighted by Gasteiger charge is 2.49. The number of nitrogens with zero attached hydrogens (tertiary/aromatic N) is 4. The Bertz CT molecular complexity index is 1220. The van der Waals surface area contributed by atoms with Gasteiger partial charge in [-0.15, -0.1) is 0 Å². The number of hydrogen-bond donors (Lipinski definition) is 2. The van der Waals surface area contributed by atoms with Gasteiger partial charge in [0.25, 0.3) is 0 Å². The Morgan fingerprint density at radius 1 is 1.18 bits per heavy atom. The van der Waals surface area contributed by atoms with Gasteiger partial charge in [-0.1, -0.05) is 0 Å². The quantitative estimate of drug-likeness (QED) is 0.607. The van der Waals surface area contributed by atoms with E-state index in [2.05, 4.69) is 20.6 Å². The lowest BCUT2D eigenvalue weighted by atomic mass is 9.52. The van der Waals surface area contributed by atoms with E-state index in [0.29, 0.717) is 48.4 Å². The minimum absolute atomic E-state index is 0.0932. The van der Waals surface area contributed by atoms with E-state index in [9.17, 15) is 13.2 Å². The standard InChI is InChI=1S/C23H25F3N6O/c1-33-19-8-20-28-10-18(32(20)31-21(19)13-6-11-2-3-12(11)13)22-15(25)7-16(26)23(30-22)29-17-9-27-5-4-14(17)24/h7-8,10-14,17,27H,2-6,9H2,1H3,(H,29,30). The summed E-state index contributed by atoms with van der Waals surface area (Å²) in [6.45, 7) is 0.894. The first-order valence-corrected chi connectivity index (χ1v) is 11.4. The van der Waals surface area contributed by atoms with Crippen molar-refractivity contribution >= 4 is 11.5 Å². The largest absolute Gasteiger partial charge is 0.495 e. The van der Waals surface area contributed by atoms with E-state index in [0.717, 1.165) is 24.1 Å². The van der Waals surface area contributed by atoms with E-state index in [1.807, 2.05) is 0 Å². The maximum absolute atomic E-state index is 14.9. The van der Waals surface area contributed by atoms with E-state index in [4.69, 9.17) is 9.84 Å². The van der Waals surface area contributed by atoms with Gasteiger partial charge in [-0.05, 0) is 44.1 Å². The molecular weight excluding hydrogens is 433 g/mol. The summed E-state index contributed by atoms with van der Waals surface area (Å²) in [6, 6.07) is 1.91. The van der Waals surface area contributed by atoms with Gasteiger partial charge in [-0.3, -0.25) is 0 Å². The summed E-state index contributed by atoms with van der Waals surface area (Å²) in [7, 11) is 1.61. The van der Waals surface area contributed by atoms with Crippen molar-refractivity contribution in [2.45, 2.75) is 43.8 Å². The van der Waals surface area contributed by atoms with Gasteiger partial charge in [0.1, 0.15) is 29.0 Å². The number of piperidine rings is 1. The summed E-state index contributed by atoms with van der Waals surface area (Å²) in [5.41, 5.74) is 1.52. The maximum Gasteiger partial charge on any atom is 0.168 e. The highest BCUT2D eigenvalue weighted by molar-refractivity contribution is 5.63. The van der Waals surface area contributed by atoms with Crippen molar-refractivity contribution in [3.63, 3.8) is 0 Å². The lowest BCUT2D eigenvalue weighted by Crippen LogP contribution is -2.46. The molecule has 2 N–H and O–H groups in total. The zero-order valence-corrected chi connectivity index (χ0v) is 18.2. The molecule has 3 aromatic rings. The number of ether oxygens (including phenoxy) is 1. The van der Waals surface area contributed by atoms with Gasteiger partial charge >= 0.3 is 0 Å². The van der Waals surface area contributed by atoms with Crippen LogP contribution >= 0.6 is 0 Å². The molecule has 4 heterocycles. The van der Waals surface area contributed by atoms with Crippen LogP contribution in [0.1, 0.15) is 37.3 Å². The van der Waals surface area contributed by atoms with Crippen LogP contribution in [0.25, 0.3) is 17.0 Å². The third-order valence-electron chi connectivity index (χ3n) is 7.50. The molecular formula is C23H25F3N6O. The molecule has 174 valence electrons. The Hall–Kier alpha value is -2.88. The monoisotopic (exact) mass is 458 g/mol. The van der Waals surface area contributed by atoms with Crippen molar-refractivity contribution in [1.82, 2.24) is 24.9 Å². The molecule has 0 bridgehead atoms. The summed E-state index contributed by atoms with van der Waals surface area (Å²) in [6.07, 6.45) is 4.15. The molecule has 3 fully saturated rings. The topological polar surface area (TPSA) is 76.4 Å². The number of nitrogens with one attached hydrogen (secondary N) is 2. The van der Waals surface area contributed by atoms with Gasteiger partial charge in [0.2, 0.25) is 0 Å². The van der Waals surface area contributed by atoms with Crippen molar-refractivity contribution in [2.24, 2.45) is 11.8 Å². The molecule has 10 heteroatoms. The van der Waals surface area contributed by atoms with Crippen molar-refractivity contribution < 1.29 is 17.9 Å². The zero-order valence-electron chi connectivity index (χ0n) is 18.2. The van der Waals surface area contributed by atoms with Gasteiger partial charge in [0.05, 0.1) is 19.3 Å². The average Bonchev–Trinajstić information content (AvgIpc) is 3.20. The van der Waals surface area contributed by atoms with Gasteiger partial charge < -0.3 is 15.4 Å². The normalized spacial score (nSPS) is 28.7. The Kier molecular flexibility index (Phi) is 4.93. The summed E-state index contributed by atoms with van der Waals surface area (Å²) in [4.78, 5) is 8.54. The number of imidazole rings is 1. The van der Waals surface area contributed by atoms with E-state index < -0.39 is 23.8 Å². The molecule has 6 rings (SSSR count). The van der Waals surface area contributed by atoms with Crippen molar-refractivity contribution in [3.8, 4) is 17.1 Å². The first kappa shape index (κ1) is 20.7. The van der Waals surface area contributed by atoms with Crippen LogP contribution in [0, 0.1) is 23.5 Å². The average molecular weight is 458 g/mol. The summed E-state index contributed by atoms with van der Waals surface area (Å²) in [5.74, 6) is 0.459. The molecule has 2 saturated carbocycles. The number of hydrogen-bond acceptors (Lipinski definition) is 6. The van der Waals surface area contributed by atoms with Gasteiger partial charge in [0.15, 0.2) is 23.1 Å². The van der Waals surface area contributed by atoms with Crippen LogP contribution in [0.15, 0.2) is 18.3 Å². The number of methoxy groups -OCH3 is 1. The molecule has 0 aromatic carbocycles. The molecule has 0 spiro atoms. The van der Waals surface area contributed by atoms with E-state index in [1.54, 1.807) is 13.2 Å². The van der Waals surface area contributed by atoms with Crippen LogP contribution in [0.5, 0.6) is 5.75 Å². The molecule has 1 aliphatic heterocycles. The Balaban J connectivity index is 1.40. The lowest BCUT2D eigenvalue weighted by Gasteiger charge is -2.52. The fraction of sp³-hybridized carbons (Fsp3) is 0.522. The second-order valence-corrected chi connectivity index (χ2v) is 9.26. The smallest absolute Gasteiger partial charge is 0.168 e. The first-order valence-electron chi connectivity index (χ1n) is 11.4. The highest BCUT2D eigenvalue weighted by atomic mass is 19.1. The van der Waals surface area contributed by atoms with E-state index >= 15 is 0 Å². The number of halogens is 3. The number of rotatable bonds is 5. The molecule has 2 aliphatic carbocycles. The summed E-state index contributed by atoms with van der Waals surface area (Å²) >= 11 is 0. The van der Waals surface area contributed by atoms with Crippen molar-refractivity contribution in [1.29, 1.82) is 0 Å². The second kappa shape index (κ2) is 7.86. The third-order valence-corrected chi connectivity index (χ3v) is 7.50. The van der Waals surface area contributed by atoms with Crippen LogP contribution in [0.2, 0.25) is 0 Å². The van der Waals surface area contributed by atoms with Crippen LogP contribution < -0.4 is 15.4 Å². The number of aromatic nitrogens is 4. The fourth-order valence-corrected chi connectivity index (χ4v) is 5.42. The molecule has 3 aromatic heterocycles. The summed E-state index contributed by atoms with van der Waals surface area (Å²) in [5, 5.41) is 10.7. The Morgan fingerprint density at radius 3 is 2.76 bits per heavy atom. The molecule has 0 radical (unpaired) electrons. The molecule has 33 heavy (non-hydrogen) atoms. The zero-order chi connectivity index (χ0) is 22.7. The minimum Gasteiger partial charge on any atom is -0.495 e. The highest BCUT2D eigenvalue weighted by Crippen LogP contribution is 2.59. The van der Waals surface area contributed by atoms with E-state index in [1.165, 1.54) is 23.6 Å². The molecule has 5 unspecified atom stereocenters. The van der Waals surface area contributed by atoms with Gasteiger partial charge in [0, 0.05) is 24.6 Å². The molecule has 5 atom stereocenters. The fourth-order valence-electron chi connectivity index (χ4n) is 5.42. The van der Waals surface area contributed by atoms with Crippen LogP contribution in [-0.4, -0.2) is 52.0 Å². The SMILES string of the molecule is COc1cc2ncc(-c3nc(NC4CNCCC4F)c(F)cc3F)n2nc1C1CC2CCC21. The lowest BCUT2D eigenvalue weighted by molar-refractivity contribution is 0.0178. The summed E-state index contributed by atoms with van der Waals surface area (Å²) < 4.78 is 50.8. The third kappa shape index (κ3) is 3.34. The van der Waals surface area contributed by atoms with E-state index in [-0.39, 0.29) is 11.5 Å². The Labute approximate surface area is 188 Å². The number of fused-ring (bicyclic) bond motifs is 2. The number of alkyl halides is 1. The van der Waals surface area contributed by atoms with Crippen LogP contribution in [0.3, 0.4) is 0 Å². The van der Waals surface area contributed by atoms with Gasteiger partial charge in [-0.2, -0.15) is 5.10 Å². The molecule has 3 aliphatic rings. The first-order chi connectivity index (χ1) is 16.0. The maximum atomic E-state index is 14.9. The Morgan fingerprint density at radius 2 is 2.06 bits per heavy atom. The van der Waals surface area contributed by atoms with Gasteiger partial charge in [-0.25, -0.2) is 27.7 Å². The van der Waals surface area contributed by atoms with Crippen LogP contribution in [-0.2, 0) is 0 Å². The molecule has 1 saturated heterocycles. The predicted molar refractivity (Wildman–Crippen MR) is 116 cm³/mol. The second-order valence-electron chi connectivity index (χ2n) is 9.26. The van der Waals surface area contributed by atoms with Crippen molar-refractivity contribution in [2.75, 3.05) is 25.5 Å².